The molecule has 7 heteroatoms. The van der Waals surface area contributed by atoms with Gasteiger partial charge in [-0.15, -0.1) is 0 Å². The molecule has 2 aromatic heterocycles. The molecule has 0 radical (unpaired) electrons. The first-order valence-electron chi connectivity index (χ1n) is 7.88. The predicted molar refractivity (Wildman–Crippen MR) is 96.7 cm³/mol. The third-order valence-corrected chi connectivity index (χ3v) is 4.86. The molecule has 3 rings (SSSR count). The summed E-state index contributed by atoms with van der Waals surface area (Å²) in [7, 11) is 0. The fourth-order valence-electron chi connectivity index (χ4n) is 2.85. The Morgan fingerprint density at radius 3 is 2.38 bits per heavy atom. The van der Waals surface area contributed by atoms with Crippen molar-refractivity contribution in [2.75, 3.05) is 42.2 Å². The second-order valence-electron chi connectivity index (χ2n) is 5.70. The van der Waals surface area contributed by atoms with Gasteiger partial charge in [0, 0.05) is 43.6 Å². The molecule has 1 fully saturated rings. The van der Waals surface area contributed by atoms with Crippen LogP contribution in [-0.2, 0) is 0 Å². The Bertz CT molecular complexity index is 777. The van der Waals surface area contributed by atoms with Crippen LogP contribution in [0.1, 0.15) is 16.8 Å². The van der Waals surface area contributed by atoms with E-state index in [1.807, 2.05) is 19.2 Å². The number of rotatable bonds is 3. The Kier molecular flexibility index (Phi) is 4.86. The molecular formula is C17H20N6S. The van der Waals surface area contributed by atoms with Crippen molar-refractivity contribution in [3.8, 4) is 6.07 Å². The van der Waals surface area contributed by atoms with Crippen molar-refractivity contribution >= 4 is 23.4 Å². The topological polar surface area (TPSA) is 68.9 Å². The predicted octanol–water partition coefficient (Wildman–Crippen LogP) is 2.41. The van der Waals surface area contributed by atoms with Gasteiger partial charge in [0.2, 0.25) is 0 Å². The molecule has 0 N–H and O–H groups in total. The number of hydrogen-bond acceptors (Lipinski definition) is 7. The normalized spacial score (nSPS) is 14.6. The van der Waals surface area contributed by atoms with Crippen LogP contribution in [0.2, 0.25) is 0 Å². The van der Waals surface area contributed by atoms with Gasteiger partial charge in [0.25, 0.3) is 0 Å². The molecular weight excluding hydrogens is 320 g/mol. The highest BCUT2D eigenvalue weighted by molar-refractivity contribution is 7.98. The van der Waals surface area contributed by atoms with Crippen LogP contribution in [0.5, 0.6) is 0 Å². The SMILES string of the molecule is CSc1nc(C)c(C)c(N2CCN(c3ncccc3C#N)CC2)n1. The zero-order valence-corrected chi connectivity index (χ0v) is 15.0. The molecule has 0 aliphatic carbocycles. The summed E-state index contributed by atoms with van der Waals surface area (Å²) in [6.45, 7) is 7.46. The van der Waals surface area contributed by atoms with Gasteiger partial charge in [-0.2, -0.15) is 5.26 Å². The lowest BCUT2D eigenvalue weighted by molar-refractivity contribution is 0.634. The maximum atomic E-state index is 9.26. The summed E-state index contributed by atoms with van der Waals surface area (Å²) in [5, 5.41) is 10.1. The van der Waals surface area contributed by atoms with Crippen LogP contribution in [0.3, 0.4) is 0 Å². The first kappa shape index (κ1) is 16.5. The van der Waals surface area contributed by atoms with Crippen molar-refractivity contribution in [1.29, 1.82) is 5.26 Å². The molecule has 0 aromatic carbocycles. The molecule has 0 saturated carbocycles. The minimum atomic E-state index is 0.629. The quantitative estimate of drug-likeness (QED) is 0.628. The summed E-state index contributed by atoms with van der Waals surface area (Å²) in [4.78, 5) is 18.1. The largest absolute Gasteiger partial charge is 0.353 e. The molecule has 1 aliphatic rings. The Morgan fingerprint density at radius 2 is 1.75 bits per heavy atom. The highest BCUT2D eigenvalue weighted by Crippen LogP contribution is 2.25. The molecule has 3 heterocycles. The average molecular weight is 340 g/mol. The van der Waals surface area contributed by atoms with E-state index in [-0.39, 0.29) is 0 Å². The van der Waals surface area contributed by atoms with Crippen LogP contribution in [0.4, 0.5) is 11.6 Å². The van der Waals surface area contributed by atoms with Gasteiger partial charge in [0.1, 0.15) is 17.7 Å². The molecule has 0 amide bonds. The Balaban J connectivity index is 1.79. The smallest absolute Gasteiger partial charge is 0.189 e. The number of aromatic nitrogens is 3. The van der Waals surface area contributed by atoms with E-state index >= 15 is 0 Å². The van der Waals surface area contributed by atoms with Gasteiger partial charge in [-0.05, 0) is 32.2 Å². The Labute approximate surface area is 146 Å². The van der Waals surface area contributed by atoms with E-state index in [1.165, 1.54) is 0 Å². The minimum absolute atomic E-state index is 0.629. The van der Waals surface area contributed by atoms with Gasteiger partial charge in [-0.3, -0.25) is 0 Å². The highest BCUT2D eigenvalue weighted by atomic mass is 32.2. The number of piperazine rings is 1. The molecule has 0 bridgehead atoms. The van der Waals surface area contributed by atoms with E-state index in [4.69, 9.17) is 4.98 Å². The zero-order valence-electron chi connectivity index (χ0n) is 14.2. The molecule has 1 aliphatic heterocycles. The molecule has 1 saturated heterocycles. The van der Waals surface area contributed by atoms with E-state index < -0.39 is 0 Å². The van der Waals surface area contributed by atoms with Crippen molar-refractivity contribution in [2.45, 2.75) is 19.0 Å². The van der Waals surface area contributed by atoms with Crippen LogP contribution < -0.4 is 9.80 Å². The third-order valence-electron chi connectivity index (χ3n) is 4.31. The number of nitriles is 1. The fraction of sp³-hybridized carbons (Fsp3) is 0.412. The van der Waals surface area contributed by atoms with Crippen LogP contribution in [0.25, 0.3) is 0 Å². The van der Waals surface area contributed by atoms with Crippen LogP contribution >= 0.6 is 11.8 Å². The van der Waals surface area contributed by atoms with Gasteiger partial charge in [-0.25, -0.2) is 15.0 Å². The molecule has 2 aromatic rings. The average Bonchev–Trinajstić information content (AvgIpc) is 2.64. The number of hydrogen-bond donors (Lipinski definition) is 0. The van der Waals surface area contributed by atoms with E-state index in [0.717, 1.165) is 54.2 Å². The lowest BCUT2D eigenvalue weighted by Crippen LogP contribution is -2.47. The molecule has 0 unspecified atom stereocenters. The number of nitrogens with zero attached hydrogens (tertiary/aromatic N) is 6. The number of thioether (sulfide) groups is 1. The lowest BCUT2D eigenvalue weighted by Gasteiger charge is -2.37. The fourth-order valence-corrected chi connectivity index (χ4v) is 3.26. The molecule has 0 spiro atoms. The Morgan fingerprint density at radius 1 is 1.08 bits per heavy atom. The standard InChI is InChI=1S/C17H20N6S/c1-12-13(2)20-17(24-3)21-15(12)22-7-9-23(10-8-22)16-14(11-18)5-4-6-19-16/h4-6H,7-10H2,1-3H3. The van der Waals surface area contributed by atoms with Gasteiger partial charge in [0.05, 0.1) is 5.56 Å². The summed E-state index contributed by atoms with van der Waals surface area (Å²) >= 11 is 1.57. The van der Waals surface area contributed by atoms with E-state index in [9.17, 15) is 5.26 Å². The maximum Gasteiger partial charge on any atom is 0.189 e. The van der Waals surface area contributed by atoms with Gasteiger partial charge in [0.15, 0.2) is 5.16 Å². The molecule has 124 valence electrons. The first-order chi connectivity index (χ1) is 11.6. The first-order valence-corrected chi connectivity index (χ1v) is 9.10. The van der Waals surface area contributed by atoms with E-state index in [2.05, 4.69) is 32.8 Å². The molecule has 24 heavy (non-hydrogen) atoms. The van der Waals surface area contributed by atoms with Crippen molar-refractivity contribution in [1.82, 2.24) is 15.0 Å². The van der Waals surface area contributed by atoms with E-state index in [0.29, 0.717) is 5.56 Å². The zero-order chi connectivity index (χ0) is 17.1. The maximum absolute atomic E-state index is 9.26. The summed E-state index contributed by atoms with van der Waals surface area (Å²) in [6, 6.07) is 5.84. The summed E-state index contributed by atoms with van der Waals surface area (Å²) in [5.74, 6) is 1.80. The minimum Gasteiger partial charge on any atom is -0.353 e. The summed E-state index contributed by atoms with van der Waals surface area (Å²) in [5.41, 5.74) is 2.80. The highest BCUT2D eigenvalue weighted by Gasteiger charge is 2.23. The van der Waals surface area contributed by atoms with Crippen LogP contribution in [0, 0.1) is 25.2 Å². The number of pyridine rings is 1. The monoisotopic (exact) mass is 340 g/mol. The molecule has 6 nitrogen and oxygen atoms in total. The van der Waals surface area contributed by atoms with Crippen LogP contribution in [0.15, 0.2) is 23.5 Å². The van der Waals surface area contributed by atoms with Crippen molar-refractivity contribution < 1.29 is 0 Å². The van der Waals surface area contributed by atoms with Gasteiger partial charge < -0.3 is 9.80 Å². The number of anilines is 2. The van der Waals surface area contributed by atoms with Crippen molar-refractivity contribution in [3.05, 3.63) is 35.2 Å². The van der Waals surface area contributed by atoms with Crippen LogP contribution in [-0.4, -0.2) is 47.4 Å². The summed E-state index contributed by atoms with van der Waals surface area (Å²) < 4.78 is 0. The van der Waals surface area contributed by atoms with Gasteiger partial charge >= 0.3 is 0 Å². The summed E-state index contributed by atoms with van der Waals surface area (Å²) in [6.07, 6.45) is 3.74. The third kappa shape index (κ3) is 3.15. The van der Waals surface area contributed by atoms with Gasteiger partial charge in [-0.1, -0.05) is 11.8 Å². The lowest BCUT2D eigenvalue weighted by atomic mass is 10.2. The van der Waals surface area contributed by atoms with Crippen molar-refractivity contribution in [2.24, 2.45) is 0 Å². The number of aryl methyl sites for hydroxylation is 1. The van der Waals surface area contributed by atoms with E-state index in [1.54, 1.807) is 24.0 Å². The second kappa shape index (κ2) is 7.05. The van der Waals surface area contributed by atoms with Crippen molar-refractivity contribution in [3.63, 3.8) is 0 Å². The second-order valence-corrected chi connectivity index (χ2v) is 6.48. The Hall–Kier alpha value is -2.33. The molecule has 0 atom stereocenters.